The number of fused-ring (bicyclic) bond motifs is 4. The average molecular weight is 729 g/mol. The van der Waals surface area contributed by atoms with Crippen molar-refractivity contribution in [3.8, 4) is 0 Å². The first kappa shape index (κ1) is 36.3. The minimum Gasteiger partial charge on any atom is -0.314 e. The van der Waals surface area contributed by atoms with Crippen LogP contribution in [-0.2, 0) is 48.6 Å². The molecule has 48 heavy (non-hydrogen) atoms. The fraction of sp³-hybridized carbons (Fsp3) is 0.833. The van der Waals surface area contributed by atoms with E-state index in [4.69, 9.17) is 18.8 Å². The van der Waals surface area contributed by atoms with Gasteiger partial charge in [-0.2, -0.15) is 27.0 Å². The molecule has 6 atom stereocenters. The Bertz CT molecular complexity index is 1350. The Hall–Kier alpha value is -2.94. The van der Waals surface area contributed by atoms with Crippen LogP contribution in [0.15, 0.2) is 0 Å². The molecule has 0 aliphatic carbocycles. The molecule has 6 aliphatic heterocycles. The van der Waals surface area contributed by atoms with Gasteiger partial charge >= 0.3 is 32.9 Å². The molecule has 0 aromatic rings. The second kappa shape index (κ2) is 14.9. The molecule has 6 saturated heterocycles. The number of likely N-dealkylation sites (tertiary alicyclic amines) is 1. The van der Waals surface area contributed by atoms with Gasteiger partial charge in [0.1, 0.15) is 12.1 Å². The number of hydroxylamine groups is 6. The van der Waals surface area contributed by atoms with E-state index in [-0.39, 0.29) is 25.3 Å². The van der Waals surface area contributed by atoms with Gasteiger partial charge in [-0.05, 0) is 58.5 Å². The molecule has 0 aromatic carbocycles. The molecule has 272 valence electrons. The van der Waals surface area contributed by atoms with Crippen molar-refractivity contribution in [3.05, 3.63) is 0 Å². The van der Waals surface area contributed by atoms with E-state index < -0.39 is 68.8 Å². The molecular weight excluding hydrogens is 688 g/mol. The van der Waals surface area contributed by atoms with Gasteiger partial charge in [-0.15, -0.1) is 8.57 Å². The molecule has 0 spiro atoms. The van der Waals surface area contributed by atoms with E-state index in [2.05, 4.69) is 29.7 Å². The maximum absolute atomic E-state index is 12.3. The minimum absolute atomic E-state index is 0.0936. The molecule has 6 heterocycles. The zero-order chi connectivity index (χ0) is 34.8. The number of carbonyl (C=O) groups excluding carboxylic acids is 4. The van der Waals surface area contributed by atoms with Crippen molar-refractivity contribution in [1.29, 1.82) is 0 Å². The molecule has 0 aromatic heterocycles. The van der Waals surface area contributed by atoms with Crippen LogP contribution >= 0.6 is 0 Å². The lowest BCUT2D eigenvalue weighted by Crippen LogP contribution is -2.51. The fourth-order valence-corrected chi connectivity index (χ4v) is 7.32. The van der Waals surface area contributed by atoms with Crippen LogP contribution in [0.2, 0.25) is 0 Å². The number of rotatable bonds is 10. The number of hydrogen-bond acceptors (Lipinski definition) is 14. The highest BCUT2D eigenvalue weighted by Crippen LogP contribution is 2.32. The SMILES string of the molecule is CN1CCC(ONC(=O)[C@@H]2CC[C@@H]3CN2C(=O)N3OS(=O)(=O)O)C1.O=C(NOC1CCCNC1)[C@@H]1CC[C@@H]2CN1C(=O)N2OS(=O)(=O)O. The predicted molar refractivity (Wildman–Crippen MR) is 157 cm³/mol. The summed E-state index contributed by atoms with van der Waals surface area (Å²) in [4.78, 5) is 64.3. The molecule has 22 nitrogen and oxygen atoms in total. The highest BCUT2D eigenvalue weighted by atomic mass is 32.3. The van der Waals surface area contributed by atoms with Crippen molar-refractivity contribution in [2.75, 3.05) is 46.3 Å². The zero-order valence-corrected chi connectivity index (χ0v) is 27.6. The summed E-state index contributed by atoms with van der Waals surface area (Å²) in [5.41, 5.74) is 4.78. The second-order valence-corrected chi connectivity index (χ2v) is 14.3. The van der Waals surface area contributed by atoms with E-state index in [1.54, 1.807) is 0 Å². The summed E-state index contributed by atoms with van der Waals surface area (Å²) in [6.45, 7) is 3.47. The quantitative estimate of drug-likeness (QED) is 0.115. The third kappa shape index (κ3) is 8.99. The monoisotopic (exact) mass is 728 g/mol. The standard InChI is InChI=1S/2C12H20N4O7S/c1-14-5-4-9(7-14)22-13-11(17)10-3-2-8-6-15(10)12(18)16(8)23-24(19,20)21;17-11(14-22-9-2-1-5-13-6-9)10-4-3-8-7-15(10)12(18)16(8)23-24(19,20)21/h8-10H,2-7H2,1H3,(H,13,17)(H,19,20,21);8-10,13H,1-7H2,(H,14,17)(H,19,20,21)/t2*8-,9?,10+/m11/s1. The molecule has 24 heteroatoms. The topological polar surface area (TPSA) is 266 Å². The average Bonchev–Trinajstić information content (AvgIpc) is 3.63. The maximum atomic E-state index is 12.3. The normalized spacial score (nSPS) is 30.7. The highest BCUT2D eigenvalue weighted by Gasteiger charge is 2.50. The summed E-state index contributed by atoms with van der Waals surface area (Å²) in [7, 11) is -7.63. The van der Waals surface area contributed by atoms with Crippen molar-refractivity contribution >= 4 is 44.7 Å². The van der Waals surface area contributed by atoms with Crippen molar-refractivity contribution in [2.24, 2.45) is 0 Å². The maximum Gasteiger partial charge on any atom is 0.418 e. The fourth-order valence-electron chi connectivity index (χ4n) is 6.54. The highest BCUT2D eigenvalue weighted by molar-refractivity contribution is 7.81. The lowest BCUT2D eigenvalue weighted by molar-refractivity contribution is -0.144. The van der Waals surface area contributed by atoms with Gasteiger partial charge in [0.05, 0.1) is 24.3 Å². The Morgan fingerprint density at radius 3 is 1.67 bits per heavy atom. The molecular formula is C24H40N8O14S2. The number of nitrogens with zero attached hydrogens (tertiary/aromatic N) is 5. The summed E-state index contributed by atoms with van der Waals surface area (Å²) in [6, 6.07) is -4.10. The number of hydrogen-bond donors (Lipinski definition) is 5. The summed E-state index contributed by atoms with van der Waals surface area (Å²) in [5, 5.41) is 4.37. The van der Waals surface area contributed by atoms with Crippen LogP contribution in [0.4, 0.5) is 9.59 Å². The smallest absolute Gasteiger partial charge is 0.314 e. The van der Waals surface area contributed by atoms with Crippen LogP contribution in [-0.4, -0.2) is 157 Å². The summed E-state index contributed by atoms with van der Waals surface area (Å²) < 4.78 is 69.4. The largest absolute Gasteiger partial charge is 0.418 e. The Labute approximate surface area is 276 Å². The number of piperidine rings is 3. The molecule has 2 unspecified atom stereocenters. The van der Waals surface area contributed by atoms with Gasteiger partial charge in [-0.1, -0.05) is 0 Å². The van der Waals surface area contributed by atoms with Gasteiger partial charge < -0.3 is 20.0 Å². The Balaban J connectivity index is 0.000000188. The van der Waals surface area contributed by atoms with E-state index in [1.807, 2.05) is 7.05 Å². The molecule has 6 fully saturated rings. The van der Waals surface area contributed by atoms with Gasteiger partial charge in [-0.3, -0.25) is 28.4 Å². The molecule has 0 radical (unpaired) electrons. The lowest BCUT2D eigenvalue weighted by Gasteiger charge is -2.30. The Kier molecular flexibility index (Phi) is 11.3. The van der Waals surface area contributed by atoms with Crippen LogP contribution in [0.3, 0.4) is 0 Å². The number of likely N-dealkylation sites (N-methyl/N-ethyl adjacent to an activating group) is 1. The first-order chi connectivity index (χ1) is 22.6. The van der Waals surface area contributed by atoms with Crippen LogP contribution < -0.4 is 16.3 Å². The van der Waals surface area contributed by atoms with Crippen LogP contribution in [0.5, 0.6) is 0 Å². The zero-order valence-electron chi connectivity index (χ0n) is 26.0. The predicted octanol–water partition coefficient (Wildman–Crippen LogP) is -2.47. The van der Waals surface area contributed by atoms with Crippen molar-refractivity contribution in [1.82, 2.24) is 41.1 Å². The van der Waals surface area contributed by atoms with E-state index in [0.29, 0.717) is 48.9 Å². The van der Waals surface area contributed by atoms with Crippen molar-refractivity contribution in [3.63, 3.8) is 0 Å². The molecule has 6 aliphatic rings. The number of carbonyl (C=O) groups is 4. The van der Waals surface area contributed by atoms with E-state index in [0.717, 1.165) is 32.4 Å². The van der Waals surface area contributed by atoms with Crippen LogP contribution in [0.25, 0.3) is 0 Å². The molecule has 5 N–H and O–H groups in total. The number of nitrogens with one attached hydrogen (secondary N) is 3. The number of urea groups is 2. The van der Waals surface area contributed by atoms with E-state index >= 15 is 0 Å². The van der Waals surface area contributed by atoms with Gasteiger partial charge in [0.2, 0.25) is 0 Å². The Morgan fingerprint density at radius 1 is 0.750 bits per heavy atom. The third-order valence-corrected chi connectivity index (χ3v) is 9.55. The van der Waals surface area contributed by atoms with Crippen LogP contribution in [0, 0.1) is 0 Å². The summed E-state index contributed by atoms with van der Waals surface area (Å²) in [5.74, 6) is -0.911. The van der Waals surface area contributed by atoms with Crippen molar-refractivity contribution < 1.29 is 63.4 Å². The molecule has 6 amide bonds. The van der Waals surface area contributed by atoms with Gasteiger partial charge in [0.25, 0.3) is 11.8 Å². The summed E-state index contributed by atoms with van der Waals surface area (Å²) >= 11 is 0. The molecule has 0 saturated carbocycles. The Morgan fingerprint density at radius 2 is 1.25 bits per heavy atom. The van der Waals surface area contributed by atoms with Gasteiger partial charge in [0, 0.05) is 32.7 Å². The van der Waals surface area contributed by atoms with Gasteiger partial charge in [-0.25, -0.2) is 20.5 Å². The first-order valence-electron chi connectivity index (χ1n) is 15.4. The first-order valence-corrected chi connectivity index (χ1v) is 18.2. The molecule has 6 rings (SSSR count). The number of amides is 6. The molecule has 4 bridgehead atoms. The van der Waals surface area contributed by atoms with E-state index in [9.17, 15) is 36.0 Å². The second-order valence-electron chi connectivity index (χ2n) is 12.3. The van der Waals surface area contributed by atoms with Gasteiger partial charge in [0.15, 0.2) is 0 Å². The third-order valence-electron chi connectivity index (χ3n) is 8.85. The summed E-state index contributed by atoms with van der Waals surface area (Å²) in [6.07, 6.45) is 3.83. The lowest BCUT2D eigenvalue weighted by atomic mass is 10.0. The van der Waals surface area contributed by atoms with Crippen LogP contribution in [0.1, 0.15) is 44.9 Å². The van der Waals surface area contributed by atoms with Crippen molar-refractivity contribution in [2.45, 2.75) is 81.3 Å². The minimum atomic E-state index is -4.80. The van der Waals surface area contributed by atoms with E-state index in [1.165, 1.54) is 9.80 Å².